The van der Waals surface area contributed by atoms with Crippen molar-refractivity contribution >= 4 is 18.0 Å². The molecule has 2 fully saturated rings. The Morgan fingerprint density at radius 3 is 2.26 bits per heavy atom. The van der Waals surface area contributed by atoms with Crippen LogP contribution in [0.2, 0.25) is 0 Å². The zero-order chi connectivity index (χ0) is 24.6. The van der Waals surface area contributed by atoms with E-state index >= 15 is 0 Å². The van der Waals surface area contributed by atoms with Crippen molar-refractivity contribution in [3.63, 3.8) is 0 Å². The van der Waals surface area contributed by atoms with Gasteiger partial charge in [0.25, 0.3) is 0 Å². The minimum absolute atomic E-state index is 0.0430. The highest BCUT2D eigenvalue weighted by Crippen LogP contribution is 2.44. The van der Waals surface area contributed by atoms with E-state index in [1.54, 1.807) is 0 Å². The van der Waals surface area contributed by atoms with Crippen molar-refractivity contribution in [2.75, 3.05) is 26.9 Å². The fraction of sp³-hybridized carbons (Fsp3) is 0.444. The second-order valence-corrected chi connectivity index (χ2v) is 9.68. The number of carboxylic acid groups (broad SMARTS) is 1. The van der Waals surface area contributed by atoms with Gasteiger partial charge in [0.05, 0.1) is 6.61 Å². The Hall–Kier alpha value is -3.39. The summed E-state index contributed by atoms with van der Waals surface area (Å²) in [5, 5.41) is 12.6. The van der Waals surface area contributed by atoms with Crippen LogP contribution in [0.1, 0.15) is 42.7 Å². The van der Waals surface area contributed by atoms with Crippen LogP contribution in [0.3, 0.4) is 0 Å². The predicted octanol–water partition coefficient (Wildman–Crippen LogP) is 3.40. The maximum absolute atomic E-state index is 13.4. The van der Waals surface area contributed by atoms with Gasteiger partial charge in [0.15, 0.2) is 5.54 Å². The summed E-state index contributed by atoms with van der Waals surface area (Å²) >= 11 is 0. The molecular weight excluding hydrogens is 448 g/mol. The molecule has 8 heteroatoms. The summed E-state index contributed by atoms with van der Waals surface area (Å²) in [6.45, 7) is 0.360. The van der Waals surface area contributed by atoms with Crippen LogP contribution < -0.4 is 5.32 Å². The second kappa shape index (κ2) is 9.34. The molecule has 1 saturated heterocycles. The number of nitrogens with one attached hydrogen (secondary N) is 1. The highest BCUT2D eigenvalue weighted by atomic mass is 16.5. The molecule has 2 atom stereocenters. The molecule has 0 radical (unpaired) electrons. The van der Waals surface area contributed by atoms with Gasteiger partial charge in [-0.1, -0.05) is 55.0 Å². The third kappa shape index (κ3) is 4.05. The lowest BCUT2D eigenvalue weighted by Crippen LogP contribution is -2.62. The highest BCUT2D eigenvalue weighted by molar-refractivity contribution is 5.92. The Morgan fingerprint density at radius 1 is 1.11 bits per heavy atom. The Kier molecular flexibility index (Phi) is 6.23. The zero-order valence-corrected chi connectivity index (χ0v) is 19.7. The number of hydrogen-bond donors (Lipinski definition) is 2. The van der Waals surface area contributed by atoms with E-state index in [9.17, 15) is 19.5 Å². The quantitative estimate of drug-likeness (QED) is 0.632. The van der Waals surface area contributed by atoms with Crippen LogP contribution in [0.15, 0.2) is 48.5 Å². The first kappa shape index (κ1) is 23.4. The molecule has 2 unspecified atom stereocenters. The third-order valence-corrected chi connectivity index (χ3v) is 7.88. The molecule has 2 amide bonds. The van der Waals surface area contributed by atoms with E-state index in [0.29, 0.717) is 0 Å². The molecule has 1 heterocycles. The summed E-state index contributed by atoms with van der Waals surface area (Å²) in [6.07, 6.45) is 2.11. The fourth-order valence-corrected chi connectivity index (χ4v) is 5.47. The smallest absolute Gasteiger partial charge is 0.407 e. The number of aliphatic carboxylic acids is 1. The molecule has 0 aromatic heterocycles. The molecule has 184 valence electrons. The molecule has 5 rings (SSSR count). The number of carboxylic acids is 1. The van der Waals surface area contributed by atoms with E-state index in [1.807, 2.05) is 36.4 Å². The van der Waals surface area contributed by atoms with Crippen molar-refractivity contribution in [1.29, 1.82) is 0 Å². The zero-order valence-electron chi connectivity index (χ0n) is 19.7. The van der Waals surface area contributed by atoms with Gasteiger partial charge in [0, 0.05) is 26.0 Å². The summed E-state index contributed by atoms with van der Waals surface area (Å²) in [7, 11) is 1.48. The number of rotatable bonds is 7. The Morgan fingerprint density at radius 2 is 1.74 bits per heavy atom. The van der Waals surface area contributed by atoms with Gasteiger partial charge < -0.3 is 24.8 Å². The molecule has 2 aliphatic carbocycles. The Labute approximate surface area is 204 Å². The number of benzene rings is 2. The van der Waals surface area contributed by atoms with E-state index in [1.165, 1.54) is 11.9 Å². The lowest BCUT2D eigenvalue weighted by atomic mass is 9.78. The molecule has 8 nitrogen and oxygen atoms in total. The van der Waals surface area contributed by atoms with Crippen molar-refractivity contribution in [1.82, 2.24) is 10.2 Å². The number of ether oxygens (including phenoxy) is 2. The molecule has 2 aromatic rings. The van der Waals surface area contributed by atoms with Gasteiger partial charge in [0.2, 0.25) is 5.91 Å². The summed E-state index contributed by atoms with van der Waals surface area (Å²) in [6, 6.07) is 15.3. The monoisotopic (exact) mass is 478 g/mol. The summed E-state index contributed by atoms with van der Waals surface area (Å²) in [5.74, 6) is -1.64. The van der Waals surface area contributed by atoms with Crippen molar-refractivity contribution < 1.29 is 29.0 Å². The largest absolute Gasteiger partial charge is 0.479 e. The van der Waals surface area contributed by atoms with Crippen LogP contribution in [-0.4, -0.2) is 66.4 Å². The number of alkyl carbamates (subject to hydrolysis) is 1. The van der Waals surface area contributed by atoms with Gasteiger partial charge in [-0.15, -0.1) is 0 Å². The van der Waals surface area contributed by atoms with Gasteiger partial charge in [0.1, 0.15) is 12.6 Å². The first-order valence-corrected chi connectivity index (χ1v) is 12.1. The van der Waals surface area contributed by atoms with Crippen LogP contribution >= 0.6 is 0 Å². The summed E-state index contributed by atoms with van der Waals surface area (Å²) in [5.41, 5.74) is 3.08. The summed E-state index contributed by atoms with van der Waals surface area (Å²) < 4.78 is 11.0. The van der Waals surface area contributed by atoms with Gasteiger partial charge in [-0.3, -0.25) is 4.79 Å². The van der Waals surface area contributed by atoms with E-state index < -0.39 is 29.6 Å². The molecule has 0 spiro atoms. The number of carbonyl (C=O) groups is 3. The maximum atomic E-state index is 13.4. The number of hydrogen-bond acceptors (Lipinski definition) is 5. The van der Waals surface area contributed by atoms with Gasteiger partial charge in [-0.2, -0.15) is 0 Å². The van der Waals surface area contributed by atoms with E-state index in [-0.39, 0.29) is 38.1 Å². The average molecular weight is 479 g/mol. The molecule has 2 aromatic carbocycles. The molecule has 35 heavy (non-hydrogen) atoms. The standard InChI is InChI=1S/C27H30N2O6/c1-29(27(25(31)32)13-14-34-16-27)24(30)23(17-7-6-8-17)28-26(33)35-15-22-20-11-4-2-9-18(20)19-10-3-5-12-21(19)22/h2-5,9-12,17,22-23H,6-8,13-16H2,1H3,(H,28,33)(H,31,32). The van der Waals surface area contributed by atoms with Gasteiger partial charge in [-0.25, -0.2) is 9.59 Å². The number of fused-ring (bicyclic) bond motifs is 3. The first-order valence-electron chi connectivity index (χ1n) is 12.1. The normalized spacial score (nSPS) is 22.0. The van der Waals surface area contributed by atoms with Gasteiger partial charge >= 0.3 is 12.1 Å². The lowest BCUT2D eigenvalue weighted by Gasteiger charge is -2.40. The molecule has 1 aliphatic heterocycles. The predicted molar refractivity (Wildman–Crippen MR) is 128 cm³/mol. The molecule has 3 aliphatic rings. The van der Waals surface area contributed by atoms with Crippen LogP contribution in [0.4, 0.5) is 4.79 Å². The number of nitrogens with zero attached hydrogens (tertiary/aromatic N) is 1. The third-order valence-electron chi connectivity index (χ3n) is 7.88. The van der Waals surface area contributed by atoms with Gasteiger partial charge in [-0.05, 0) is 41.0 Å². The number of amides is 2. The fourth-order valence-electron chi connectivity index (χ4n) is 5.47. The molecule has 0 bridgehead atoms. The van der Waals surface area contributed by atoms with E-state index in [0.717, 1.165) is 41.5 Å². The van der Waals surface area contributed by atoms with E-state index in [4.69, 9.17) is 9.47 Å². The first-order chi connectivity index (χ1) is 16.9. The van der Waals surface area contributed by atoms with Crippen molar-refractivity contribution in [3.8, 4) is 11.1 Å². The maximum Gasteiger partial charge on any atom is 0.407 e. The van der Waals surface area contributed by atoms with Crippen molar-refractivity contribution in [2.45, 2.75) is 43.2 Å². The second-order valence-electron chi connectivity index (χ2n) is 9.68. The molecule has 2 N–H and O–H groups in total. The minimum atomic E-state index is -1.41. The average Bonchev–Trinajstić information content (AvgIpc) is 3.45. The van der Waals surface area contributed by atoms with Crippen LogP contribution in [0, 0.1) is 5.92 Å². The van der Waals surface area contributed by atoms with Crippen LogP contribution in [0.5, 0.6) is 0 Å². The molecule has 1 saturated carbocycles. The number of carbonyl (C=O) groups excluding carboxylic acids is 2. The lowest BCUT2D eigenvalue weighted by molar-refractivity contribution is -0.159. The van der Waals surface area contributed by atoms with Crippen molar-refractivity contribution in [3.05, 3.63) is 59.7 Å². The van der Waals surface area contributed by atoms with E-state index in [2.05, 4.69) is 17.4 Å². The van der Waals surface area contributed by atoms with Crippen LogP contribution in [0.25, 0.3) is 11.1 Å². The number of likely N-dealkylation sites (N-methyl/N-ethyl adjacent to an activating group) is 1. The Bertz CT molecular complexity index is 1090. The summed E-state index contributed by atoms with van der Waals surface area (Å²) in [4.78, 5) is 39.6. The van der Waals surface area contributed by atoms with Crippen molar-refractivity contribution in [2.24, 2.45) is 5.92 Å². The minimum Gasteiger partial charge on any atom is -0.479 e. The Balaban J connectivity index is 1.29. The van der Waals surface area contributed by atoms with Crippen LogP contribution in [-0.2, 0) is 19.1 Å². The topological polar surface area (TPSA) is 105 Å². The highest BCUT2D eigenvalue weighted by Gasteiger charge is 2.50. The SMILES string of the molecule is CN(C(=O)C(NC(=O)OCC1c2ccccc2-c2ccccc21)C1CCC1)C1(C(=O)O)CCOC1. The molecular formula is C27H30N2O6.